The molecule has 6 nitrogen and oxygen atoms in total. The Morgan fingerprint density at radius 1 is 0.318 bits per heavy atom. The van der Waals surface area contributed by atoms with Crippen LogP contribution >= 0.6 is 0 Å². The first-order chi connectivity index (χ1) is 32.5. The molecule has 0 bridgehead atoms. The third-order valence-electron chi connectivity index (χ3n) is 10.7. The number of hydrogen-bond donors (Lipinski definition) is 0. The molecule has 0 aromatic carbocycles. The van der Waals surface area contributed by atoms with Crippen molar-refractivity contribution in [3.05, 3.63) is 122 Å². The van der Waals surface area contributed by atoms with Crippen molar-refractivity contribution >= 4 is 17.9 Å². The molecule has 0 fully saturated rings. The predicted molar refractivity (Wildman–Crippen MR) is 283 cm³/mol. The highest BCUT2D eigenvalue weighted by molar-refractivity contribution is 5.71. The quantitative estimate of drug-likeness (QED) is 0.0262. The Hall–Kier alpha value is -4.19. The fourth-order valence-electron chi connectivity index (χ4n) is 6.75. The van der Waals surface area contributed by atoms with Gasteiger partial charge in [0.05, 0.1) is 0 Å². The molecule has 372 valence electrons. The first-order valence-electron chi connectivity index (χ1n) is 26.5. The third kappa shape index (κ3) is 50.8. The van der Waals surface area contributed by atoms with Gasteiger partial charge in [0.15, 0.2) is 6.10 Å². The summed E-state index contributed by atoms with van der Waals surface area (Å²) < 4.78 is 16.7. The fourth-order valence-corrected chi connectivity index (χ4v) is 6.75. The number of ether oxygens (including phenoxy) is 3. The molecule has 0 saturated heterocycles. The summed E-state index contributed by atoms with van der Waals surface area (Å²) in [5.41, 5.74) is 0. The van der Waals surface area contributed by atoms with Crippen molar-refractivity contribution in [2.45, 2.75) is 226 Å². The van der Waals surface area contributed by atoms with Gasteiger partial charge in [0.2, 0.25) is 0 Å². The van der Waals surface area contributed by atoms with Crippen LogP contribution in [0.2, 0.25) is 0 Å². The zero-order valence-electron chi connectivity index (χ0n) is 42.4. The van der Waals surface area contributed by atoms with Gasteiger partial charge in [0.25, 0.3) is 0 Å². The lowest BCUT2D eigenvalue weighted by atomic mass is 10.1. The van der Waals surface area contributed by atoms with Crippen LogP contribution in [0.1, 0.15) is 220 Å². The minimum atomic E-state index is -0.820. The summed E-state index contributed by atoms with van der Waals surface area (Å²) in [7, 11) is 0. The predicted octanol–water partition coefficient (Wildman–Crippen LogP) is 17.7. The molecule has 0 rings (SSSR count). The molecule has 0 heterocycles. The van der Waals surface area contributed by atoms with Gasteiger partial charge in [-0.2, -0.15) is 0 Å². The van der Waals surface area contributed by atoms with E-state index >= 15 is 0 Å². The topological polar surface area (TPSA) is 78.9 Å². The fraction of sp³-hybridized carbons (Fsp3) is 0.617. The molecule has 0 spiro atoms. The molecular formula is C60H96O6. The van der Waals surface area contributed by atoms with Crippen molar-refractivity contribution in [3.8, 4) is 0 Å². The minimum absolute atomic E-state index is 0.113. The van der Waals surface area contributed by atoms with Crippen LogP contribution < -0.4 is 0 Å². The Labute approximate surface area is 405 Å². The van der Waals surface area contributed by atoms with Gasteiger partial charge in [0.1, 0.15) is 13.2 Å². The Morgan fingerprint density at radius 3 is 0.985 bits per heavy atom. The molecule has 0 amide bonds. The van der Waals surface area contributed by atoms with E-state index in [9.17, 15) is 14.4 Å². The van der Waals surface area contributed by atoms with E-state index in [1.807, 2.05) is 0 Å². The standard InChI is InChI=1S/C60H96O6/c1-4-7-10-13-16-19-22-25-28-29-30-31-33-35-38-41-44-47-50-53-59(62)65-56-57(55-64-58(61)52-49-46-43-40-37-34-27-24-21-18-15-12-9-6-3)66-60(63)54-51-48-45-42-39-36-32-26-23-20-17-14-11-8-5-2/h7-8,10-11,16-17,19-20,24-28,30-32,35,38-39,42,57H,4-6,9,12-15,18,21-23,29,33-34,36-37,40-41,43-56H2,1-3H3/b10-7-,11-8-,19-16-,20-17-,27-24-,28-25-,31-30-,32-26-,38-35-,42-39-. The van der Waals surface area contributed by atoms with Crippen molar-refractivity contribution in [2.24, 2.45) is 0 Å². The summed E-state index contributed by atoms with van der Waals surface area (Å²) >= 11 is 0. The largest absolute Gasteiger partial charge is 0.462 e. The lowest BCUT2D eigenvalue weighted by Crippen LogP contribution is -2.30. The molecule has 1 unspecified atom stereocenters. The Morgan fingerprint density at radius 2 is 0.591 bits per heavy atom. The summed E-state index contributed by atoms with van der Waals surface area (Å²) in [6.07, 6.45) is 73.3. The highest BCUT2D eigenvalue weighted by Crippen LogP contribution is 2.12. The number of carbonyl (C=O) groups is 3. The number of esters is 3. The second-order valence-electron chi connectivity index (χ2n) is 17.0. The van der Waals surface area contributed by atoms with E-state index in [2.05, 4.69) is 142 Å². The molecule has 1 atom stereocenters. The number of carbonyl (C=O) groups excluding carboxylic acids is 3. The monoisotopic (exact) mass is 913 g/mol. The zero-order valence-corrected chi connectivity index (χ0v) is 42.4. The molecule has 0 radical (unpaired) electrons. The highest BCUT2D eigenvalue weighted by atomic mass is 16.6. The second kappa shape index (κ2) is 53.4. The van der Waals surface area contributed by atoms with Gasteiger partial charge in [0, 0.05) is 19.3 Å². The summed E-state index contributed by atoms with van der Waals surface area (Å²) in [4.78, 5) is 38.0. The maximum atomic E-state index is 12.8. The van der Waals surface area contributed by atoms with Gasteiger partial charge in [-0.1, -0.05) is 194 Å². The molecule has 6 heteroatoms. The molecule has 0 aliphatic rings. The average Bonchev–Trinajstić information content (AvgIpc) is 3.31. The number of hydrogen-bond acceptors (Lipinski definition) is 6. The number of rotatable bonds is 46. The summed E-state index contributed by atoms with van der Waals surface area (Å²) in [5.74, 6) is -1.00. The molecule has 0 N–H and O–H groups in total. The maximum absolute atomic E-state index is 12.8. The molecule has 66 heavy (non-hydrogen) atoms. The summed E-state index contributed by atoms with van der Waals surface area (Å²) in [6, 6.07) is 0. The first-order valence-corrected chi connectivity index (χ1v) is 26.5. The van der Waals surface area contributed by atoms with Crippen molar-refractivity contribution < 1.29 is 28.6 Å². The van der Waals surface area contributed by atoms with Gasteiger partial charge in [-0.3, -0.25) is 14.4 Å². The second-order valence-corrected chi connectivity index (χ2v) is 17.0. The molecule has 0 aromatic rings. The van der Waals surface area contributed by atoms with Gasteiger partial charge >= 0.3 is 17.9 Å². The normalized spacial score (nSPS) is 13.1. The van der Waals surface area contributed by atoms with Crippen LogP contribution in [-0.4, -0.2) is 37.2 Å². The molecule has 0 saturated carbocycles. The average molecular weight is 913 g/mol. The zero-order chi connectivity index (χ0) is 47.9. The van der Waals surface area contributed by atoms with Gasteiger partial charge in [-0.15, -0.1) is 0 Å². The van der Waals surface area contributed by atoms with E-state index in [1.54, 1.807) is 0 Å². The van der Waals surface area contributed by atoms with E-state index < -0.39 is 6.10 Å². The molecular weight excluding hydrogens is 817 g/mol. The Balaban J connectivity index is 4.54. The van der Waals surface area contributed by atoms with E-state index in [0.29, 0.717) is 19.3 Å². The van der Waals surface area contributed by atoms with Crippen LogP contribution in [0.25, 0.3) is 0 Å². The SMILES string of the molecule is CC/C=C\C/C=C\C/C=C\C/C=C\C/C=C\CCCCCC(=O)OCC(COC(=O)CCCCCCC/C=C\CCCCCCC)OC(=O)CCCC/C=C\C/C=C\C/C=C\C/C=C\CC. The van der Waals surface area contributed by atoms with Gasteiger partial charge in [-0.05, 0) is 128 Å². The lowest BCUT2D eigenvalue weighted by molar-refractivity contribution is -0.167. The van der Waals surface area contributed by atoms with E-state index in [0.717, 1.165) is 128 Å². The number of allylic oxidation sites excluding steroid dienone is 20. The summed E-state index contributed by atoms with van der Waals surface area (Å²) in [6.45, 7) is 6.31. The van der Waals surface area contributed by atoms with Crippen molar-refractivity contribution in [1.82, 2.24) is 0 Å². The molecule has 0 aliphatic carbocycles. The molecule has 0 aromatic heterocycles. The van der Waals surface area contributed by atoms with Crippen LogP contribution in [0.4, 0.5) is 0 Å². The van der Waals surface area contributed by atoms with Crippen LogP contribution in [0.3, 0.4) is 0 Å². The van der Waals surface area contributed by atoms with Gasteiger partial charge < -0.3 is 14.2 Å². The summed E-state index contributed by atoms with van der Waals surface area (Å²) in [5, 5.41) is 0. The smallest absolute Gasteiger partial charge is 0.306 e. The number of unbranched alkanes of at least 4 members (excludes halogenated alkanes) is 15. The van der Waals surface area contributed by atoms with E-state index in [4.69, 9.17) is 14.2 Å². The first kappa shape index (κ1) is 61.8. The minimum Gasteiger partial charge on any atom is -0.462 e. The lowest BCUT2D eigenvalue weighted by Gasteiger charge is -2.18. The van der Waals surface area contributed by atoms with Crippen LogP contribution in [0, 0.1) is 0 Å². The third-order valence-corrected chi connectivity index (χ3v) is 10.7. The van der Waals surface area contributed by atoms with E-state index in [-0.39, 0.29) is 37.5 Å². The van der Waals surface area contributed by atoms with Gasteiger partial charge in [-0.25, -0.2) is 0 Å². The van der Waals surface area contributed by atoms with Crippen molar-refractivity contribution in [2.75, 3.05) is 13.2 Å². The van der Waals surface area contributed by atoms with Crippen LogP contribution in [-0.2, 0) is 28.6 Å². The molecule has 0 aliphatic heterocycles. The highest BCUT2D eigenvalue weighted by Gasteiger charge is 2.19. The van der Waals surface area contributed by atoms with Crippen LogP contribution in [0.5, 0.6) is 0 Å². The van der Waals surface area contributed by atoms with E-state index in [1.165, 1.54) is 44.9 Å². The Bertz CT molecular complexity index is 1420. The van der Waals surface area contributed by atoms with Crippen molar-refractivity contribution in [1.29, 1.82) is 0 Å². The maximum Gasteiger partial charge on any atom is 0.306 e. The van der Waals surface area contributed by atoms with Crippen LogP contribution in [0.15, 0.2) is 122 Å². The van der Waals surface area contributed by atoms with Crippen molar-refractivity contribution in [3.63, 3.8) is 0 Å². The Kier molecular flexibility index (Phi) is 50.0.